The van der Waals surface area contributed by atoms with Crippen molar-refractivity contribution in [1.82, 2.24) is 10.3 Å². The molecule has 5 rings (SSSR count). The second-order valence-electron chi connectivity index (χ2n) is 7.80. The number of ether oxygens (including phenoxy) is 1. The van der Waals surface area contributed by atoms with Gasteiger partial charge in [0.15, 0.2) is 5.11 Å². The first-order valence-corrected chi connectivity index (χ1v) is 12.7. The summed E-state index contributed by atoms with van der Waals surface area (Å²) >= 11 is 13.0. The van der Waals surface area contributed by atoms with Crippen molar-refractivity contribution in [3.8, 4) is 11.5 Å². The number of thiocarbonyl (C=S) groups is 1. The first kappa shape index (κ1) is 24.7. The van der Waals surface area contributed by atoms with E-state index in [1.165, 1.54) is 22.7 Å². The zero-order valence-corrected chi connectivity index (χ0v) is 21.5. The number of amides is 2. The maximum absolute atomic E-state index is 13.5. The van der Waals surface area contributed by atoms with Crippen LogP contribution < -0.4 is 15.0 Å². The van der Waals surface area contributed by atoms with E-state index in [2.05, 4.69) is 10.3 Å². The summed E-state index contributed by atoms with van der Waals surface area (Å²) in [6.45, 7) is 0. The van der Waals surface area contributed by atoms with Crippen LogP contribution in [0.25, 0.3) is 6.08 Å². The van der Waals surface area contributed by atoms with Crippen LogP contribution in [0.5, 0.6) is 11.5 Å². The van der Waals surface area contributed by atoms with Crippen LogP contribution in [-0.2, 0) is 9.59 Å². The summed E-state index contributed by atoms with van der Waals surface area (Å²) in [5.74, 6) is 0.178. The van der Waals surface area contributed by atoms with Crippen LogP contribution in [0.4, 0.5) is 5.69 Å². The molecule has 1 aliphatic rings. The Morgan fingerprint density at radius 3 is 2.35 bits per heavy atom. The molecule has 1 fully saturated rings. The normalized spacial score (nSPS) is 14.6. The van der Waals surface area contributed by atoms with E-state index in [4.69, 9.17) is 28.6 Å². The van der Waals surface area contributed by atoms with Gasteiger partial charge in [0.1, 0.15) is 22.1 Å². The lowest BCUT2D eigenvalue weighted by Crippen LogP contribution is -2.54. The Bertz CT molecular complexity index is 1530. The lowest BCUT2D eigenvalue weighted by atomic mass is 10.1. The maximum Gasteiger partial charge on any atom is 0.270 e. The minimum atomic E-state index is -0.576. The Balaban J connectivity index is 1.42. The second kappa shape index (κ2) is 11.0. The first-order valence-electron chi connectivity index (χ1n) is 11.1. The number of halogens is 1. The number of hydrogen-bond donors (Lipinski definition) is 1. The SMILES string of the molecule is O=C1NC(=S)N(c2ccc(Oc3ccccc3)cc2)C(=O)/C1=C\c1cccnc1Sc1ccccc1Cl. The molecule has 4 aromatic rings. The molecule has 182 valence electrons. The second-order valence-corrected chi connectivity index (χ2v) is 9.62. The number of anilines is 1. The van der Waals surface area contributed by atoms with Crippen molar-refractivity contribution in [1.29, 1.82) is 0 Å². The minimum Gasteiger partial charge on any atom is -0.457 e. The Morgan fingerprint density at radius 2 is 1.59 bits per heavy atom. The summed E-state index contributed by atoms with van der Waals surface area (Å²) in [5, 5.41) is 3.80. The molecule has 6 nitrogen and oxygen atoms in total. The summed E-state index contributed by atoms with van der Waals surface area (Å²) in [5.41, 5.74) is 1.04. The van der Waals surface area contributed by atoms with Crippen LogP contribution in [0.1, 0.15) is 5.56 Å². The topological polar surface area (TPSA) is 71.5 Å². The van der Waals surface area contributed by atoms with Gasteiger partial charge in [-0.2, -0.15) is 0 Å². The van der Waals surface area contributed by atoms with Crippen molar-refractivity contribution in [3.63, 3.8) is 0 Å². The van der Waals surface area contributed by atoms with Crippen LogP contribution in [0, 0.1) is 0 Å². The predicted octanol–water partition coefficient (Wildman–Crippen LogP) is 6.51. The third kappa shape index (κ3) is 5.56. The molecule has 1 aliphatic heterocycles. The minimum absolute atomic E-state index is 0.000676. The Hall–Kier alpha value is -3.98. The molecule has 0 aliphatic carbocycles. The third-order valence-electron chi connectivity index (χ3n) is 5.32. The standard InChI is InChI=1S/C28H18ClN3O3S2/c29-23-10-4-5-11-24(23)37-26-18(7-6-16-30-26)17-22-25(33)31-28(36)32(27(22)34)19-12-14-21(15-13-19)35-20-8-2-1-3-9-20/h1-17H,(H,31,33,36)/b22-17-. The molecule has 9 heteroatoms. The Labute approximate surface area is 227 Å². The zero-order chi connectivity index (χ0) is 25.8. The van der Waals surface area contributed by atoms with Crippen molar-refractivity contribution >= 4 is 64.3 Å². The van der Waals surface area contributed by atoms with Crippen LogP contribution in [-0.4, -0.2) is 21.9 Å². The number of carbonyl (C=O) groups excluding carboxylic acids is 2. The number of carbonyl (C=O) groups is 2. The van der Waals surface area contributed by atoms with Crippen LogP contribution in [0.2, 0.25) is 5.02 Å². The van der Waals surface area contributed by atoms with Gasteiger partial charge < -0.3 is 4.74 Å². The highest BCUT2D eigenvalue weighted by atomic mass is 35.5. The fourth-order valence-corrected chi connectivity index (χ4v) is 4.98. The van der Waals surface area contributed by atoms with Crippen LogP contribution in [0.15, 0.2) is 113 Å². The van der Waals surface area contributed by atoms with Crippen molar-refractivity contribution in [3.05, 3.63) is 113 Å². The highest BCUT2D eigenvalue weighted by Gasteiger charge is 2.34. The fraction of sp³-hybridized carbons (Fsp3) is 0. The van der Waals surface area contributed by atoms with Gasteiger partial charge in [0.05, 0.1) is 10.7 Å². The van der Waals surface area contributed by atoms with Gasteiger partial charge >= 0.3 is 0 Å². The number of rotatable bonds is 6. The number of para-hydroxylation sites is 1. The van der Waals surface area contributed by atoms with Crippen LogP contribution in [0.3, 0.4) is 0 Å². The Morgan fingerprint density at radius 1 is 0.892 bits per heavy atom. The summed E-state index contributed by atoms with van der Waals surface area (Å²) in [7, 11) is 0. The summed E-state index contributed by atoms with van der Waals surface area (Å²) < 4.78 is 5.83. The van der Waals surface area contributed by atoms with Gasteiger partial charge in [-0.15, -0.1) is 0 Å². The molecule has 1 saturated heterocycles. The van der Waals surface area contributed by atoms with Gasteiger partial charge in [-0.3, -0.25) is 19.8 Å². The van der Waals surface area contributed by atoms with Crippen molar-refractivity contribution in [2.45, 2.75) is 9.92 Å². The number of benzene rings is 3. The van der Waals surface area contributed by atoms with Crippen molar-refractivity contribution < 1.29 is 14.3 Å². The summed E-state index contributed by atoms with van der Waals surface area (Å²) in [6, 6.07) is 27.2. The fourth-order valence-electron chi connectivity index (χ4n) is 3.57. The molecule has 0 bridgehead atoms. The molecule has 0 radical (unpaired) electrons. The quantitative estimate of drug-likeness (QED) is 0.170. The van der Waals surface area contributed by atoms with Gasteiger partial charge in [0.2, 0.25) is 0 Å². The monoisotopic (exact) mass is 543 g/mol. The molecule has 1 N–H and O–H groups in total. The van der Waals surface area contributed by atoms with E-state index in [1.54, 1.807) is 48.7 Å². The largest absolute Gasteiger partial charge is 0.457 e. The molecule has 2 heterocycles. The van der Waals surface area contributed by atoms with E-state index in [9.17, 15) is 9.59 Å². The van der Waals surface area contributed by atoms with Gasteiger partial charge in [-0.1, -0.05) is 59.8 Å². The predicted molar refractivity (Wildman–Crippen MR) is 149 cm³/mol. The van der Waals surface area contributed by atoms with Crippen molar-refractivity contribution in [2.24, 2.45) is 0 Å². The molecule has 2 amide bonds. The molecule has 1 aromatic heterocycles. The molecule has 0 saturated carbocycles. The highest BCUT2D eigenvalue weighted by Crippen LogP contribution is 2.35. The molecule has 37 heavy (non-hydrogen) atoms. The molecule has 0 atom stereocenters. The number of pyridine rings is 1. The van der Waals surface area contributed by atoms with Gasteiger partial charge in [0, 0.05) is 16.7 Å². The number of aromatic nitrogens is 1. The van der Waals surface area contributed by atoms with E-state index in [1.807, 2.05) is 48.5 Å². The Kier molecular flexibility index (Phi) is 7.32. The maximum atomic E-state index is 13.5. The van der Waals surface area contributed by atoms with E-state index in [-0.39, 0.29) is 10.7 Å². The number of nitrogens with zero attached hydrogens (tertiary/aromatic N) is 2. The lowest BCUT2D eigenvalue weighted by Gasteiger charge is -2.29. The number of hydrogen-bond acceptors (Lipinski definition) is 6. The first-order chi connectivity index (χ1) is 18.0. The molecule has 0 unspecified atom stereocenters. The average molecular weight is 544 g/mol. The van der Waals surface area contributed by atoms with Gasteiger partial charge in [0.25, 0.3) is 11.8 Å². The summed E-state index contributed by atoms with van der Waals surface area (Å²) in [4.78, 5) is 32.8. The molecule has 3 aromatic carbocycles. The molecule has 0 spiro atoms. The highest BCUT2D eigenvalue weighted by molar-refractivity contribution is 7.99. The van der Waals surface area contributed by atoms with Crippen molar-refractivity contribution in [2.75, 3.05) is 4.90 Å². The molecular formula is C28H18ClN3O3S2. The number of nitrogens with one attached hydrogen (secondary N) is 1. The molecular weight excluding hydrogens is 526 g/mol. The van der Waals surface area contributed by atoms with Gasteiger partial charge in [-0.25, -0.2) is 4.98 Å². The average Bonchev–Trinajstić information content (AvgIpc) is 2.90. The third-order valence-corrected chi connectivity index (χ3v) is 7.16. The van der Waals surface area contributed by atoms with E-state index < -0.39 is 11.8 Å². The summed E-state index contributed by atoms with van der Waals surface area (Å²) in [6.07, 6.45) is 3.16. The van der Waals surface area contributed by atoms with E-state index >= 15 is 0 Å². The zero-order valence-electron chi connectivity index (χ0n) is 19.1. The van der Waals surface area contributed by atoms with E-state index in [0.717, 1.165) is 4.90 Å². The van der Waals surface area contributed by atoms with Crippen LogP contribution >= 0.6 is 35.6 Å². The van der Waals surface area contributed by atoms with E-state index in [0.29, 0.717) is 32.8 Å². The smallest absolute Gasteiger partial charge is 0.270 e. The lowest BCUT2D eigenvalue weighted by molar-refractivity contribution is -0.122. The van der Waals surface area contributed by atoms with Gasteiger partial charge in [-0.05, 0) is 72.9 Å².